The van der Waals surface area contributed by atoms with Crippen molar-refractivity contribution in [2.45, 2.75) is 32.4 Å². The maximum Gasteiger partial charge on any atom is 0.387 e. The van der Waals surface area contributed by atoms with Crippen molar-refractivity contribution in [3.8, 4) is 5.75 Å². The lowest BCUT2D eigenvalue weighted by Gasteiger charge is -2.23. The highest BCUT2D eigenvalue weighted by Crippen LogP contribution is 2.30. The van der Waals surface area contributed by atoms with Gasteiger partial charge in [-0.25, -0.2) is 0 Å². The number of ether oxygens (including phenoxy) is 1. The molecule has 1 aromatic rings. The van der Waals surface area contributed by atoms with E-state index in [2.05, 4.69) is 15.4 Å². The summed E-state index contributed by atoms with van der Waals surface area (Å²) in [7, 11) is 0. The third-order valence-corrected chi connectivity index (χ3v) is 3.91. The Balaban J connectivity index is 2.05. The van der Waals surface area contributed by atoms with Gasteiger partial charge >= 0.3 is 6.61 Å². The third-order valence-electron chi connectivity index (χ3n) is 2.88. The quantitative estimate of drug-likeness (QED) is 0.893. The fourth-order valence-electron chi connectivity index (χ4n) is 2.06. The minimum Gasteiger partial charge on any atom is -0.433 e. The molecule has 1 amide bonds. The summed E-state index contributed by atoms with van der Waals surface area (Å²) in [5.41, 5.74) is 0. The smallest absolute Gasteiger partial charge is 0.387 e. The minimum atomic E-state index is -2.92. The first-order valence-corrected chi connectivity index (χ1v) is 6.94. The molecule has 2 N–H and O–H groups in total. The molecule has 1 atom stereocenters. The van der Waals surface area contributed by atoms with E-state index in [1.807, 2.05) is 0 Å². The average molecular weight is 290 g/mol. The van der Waals surface area contributed by atoms with E-state index >= 15 is 0 Å². The summed E-state index contributed by atoms with van der Waals surface area (Å²) in [5, 5.41) is 6.03. The van der Waals surface area contributed by atoms with Crippen LogP contribution in [0.2, 0.25) is 0 Å². The first-order chi connectivity index (χ1) is 9.06. The molecule has 4 nitrogen and oxygen atoms in total. The molecule has 0 bridgehead atoms. The van der Waals surface area contributed by atoms with Crippen LogP contribution in [-0.2, 0) is 0 Å². The van der Waals surface area contributed by atoms with Crippen LogP contribution < -0.4 is 15.4 Å². The van der Waals surface area contributed by atoms with Gasteiger partial charge in [0.1, 0.15) is 10.6 Å². The van der Waals surface area contributed by atoms with Crippen LogP contribution in [0.25, 0.3) is 0 Å². The van der Waals surface area contributed by atoms with Gasteiger partial charge in [0.15, 0.2) is 0 Å². The molecule has 1 saturated heterocycles. The summed E-state index contributed by atoms with van der Waals surface area (Å²) in [4.78, 5) is 13.1. The molecule has 7 heteroatoms. The molecule has 1 aromatic heterocycles. The van der Waals surface area contributed by atoms with Gasteiger partial charge in [-0.2, -0.15) is 8.78 Å². The zero-order valence-electron chi connectivity index (χ0n) is 10.5. The largest absolute Gasteiger partial charge is 0.433 e. The fraction of sp³-hybridized carbons (Fsp3) is 0.583. The van der Waals surface area contributed by atoms with Crippen LogP contribution in [0.1, 0.15) is 27.4 Å². The van der Waals surface area contributed by atoms with Crippen molar-refractivity contribution in [1.82, 2.24) is 10.6 Å². The number of hydrogen-bond acceptors (Lipinski definition) is 4. The van der Waals surface area contributed by atoms with Gasteiger partial charge in [-0.1, -0.05) is 0 Å². The number of halogens is 2. The van der Waals surface area contributed by atoms with Gasteiger partial charge in [0.05, 0.1) is 0 Å². The topological polar surface area (TPSA) is 50.4 Å². The Morgan fingerprint density at radius 3 is 3.05 bits per heavy atom. The van der Waals surface area contributed by atoms with Gasteiger partial charge in [0.2, 0.25) is 0 Å². The van der Waals surface area contributed by atoms with Crippen LogP contribution in [0, 0.1) is 6.92 Å². The number of nitrogens with one attached hydrogen (secondary N) is 2. The predicted molar refractivity (Wildman–Crippen MR) is 69.0 cm³/mol. The number of rotatable bonds is 4. The molecule has 19 heavy (non-hydrogen) atoms. The highest BCUT2D eigenvalue weighted by atomic mass is 32.1. The van der Waals surface area contributed by atoms with Crippen molar-refractivity contribution in [1.29, 1.82) is 0 Å². The third kappa shape index (κ3) is 3.87. The first kappa shape index (κ1) is 14.2. The van der Waals surface area contributed by atoms with Crippen molar-refractivity contribution < 1.29 is 18.3 Å². The Hall–Kier alpha value is -1.21. The van der Waals surface area contributed by atoms with Crippen LogP contribution in [0.5, 0.6) is 5.75 Å². The molecule has 0 radical (unpaired) electrons. The summed E-state index contributed by atoms with van der Waals surface area (Å²) in [6, 6.07) is 1.51. The van der Waals surface area contributed by atoms with Crippen molar-refractivity contribution in [3.63, 3.8) is 0 Å². The van der Waals surface area contributed by atoms with Crippen molar-refractivity contribution in [3.05, 3.63) is 15.8 Å². The maximum absolute atomic E-state index is 12.3. The molecule has 0 aliphatic carbocycles. The molecule has 0 saturated carbocycles. The monoisotopic (exact) mass is 290 g/mol. The summed E-state index contributed by atoms with van der Waals surface area (Å²) in [5.74, 6) is -0.388. The van der Waals surface area contributed by atoms with Crippen molar-refractivity contribution in [2.75, 3.05) is 13.1 Å². The van der Waals surface area contributed by atoms with E-state index in [9.17, 15) is 13.6 Å². The lowest BCUT2D eigenvalue weighted by Crippen LogP contribution is -2.45. The fourth-order valence-corrected chi connectivity index (χ4v) is 2.91. The molecule has 1 aliphatic heterocycles. The standard InChI is InChI=1S/C12H16F2N2O2S/c1-7-5-9(18-12(13)14)10(19-7)11(17)16-8-3-2-4-15-6-8/h5,8,12,15H,2-4,6H2,1H3,(H,16,17). The lowest BCUT2D eigenvalue weighted by atomic mass is 10.1. The van der Waals surface area contributed by atoms with E-state index in [1.165, 1.54) is 6.07 Å². The molecule has 106 valence electrons. The van der Waals surface area contributed by atoms with Crippen LogP contribution in [0.15, 0.2) is 6.07 Å². The number of piperidine rings is 1. The summed E-state index contributed by atoms with van der Waals surface area (Å²) < 4.78 is 28.9. The Morgan fingerprint density at radius 1 is 1.63 bits per heavy atom. The molecule has 2 rings (SSSR count). The van der Waals surface area contributed by atoms with E-state index in [1.54, 1.807) is 6.92 Å². The highest BCUT2D eigenvalue weighted by molar-refractivity contribution is 7.14. The predicted octanol–water partition coefficient (Wildman–Crippen LogP) is 2.14. The highest BCUT2D eigenvalue weighted by Gasteiger charge is 2.22. The van der Waals surface area contributed by atoms with Crippen molar-refractivity contribution >= 4 is 17.2 Å². The molecule has 0 aromatic carbocycles. The van der Waals surface area contributed by atoms with E-state index in [4.69, 9.17) is 0 Å². The van der Waals surface area contributed by atoms with Gasteiger partial charge in [-0.3, -0.25) is 4.79 Å². The van der Waals surface area contributed by atoms with Gasteiger partial charge < -0.3 is 15.4 Å². The molecule has 0 spiro atoms. The summed E-state index contributed by atoms with van der Waals surface area (Å²) in [6.07, 6.45) is 1.89. The molecule has 1 unspecified atom stereocenters. The number of aryl methyl sites for hydroxylation is 1. The number of alkyl halides is 2. The minimum absolute atomic E-state index is 0.0428. The van der Waals surface area contributed by atoms with Gasteiger partial charge in [-0.05, 0) is 32.4 Å². The second kappa shape index (κ2) is 6.29. The average Bonchev–Trinajstić information content (AvgIpc) is 2.70. The Morgan fingerprint density at radius 2 is 2.42 bits per heavy atom. The Bertz CT molecular complexity index is 445. The second-order valence-corrected chi connectivity index (χ2v) is 5.70. The normalized spacial score (nSPS) is 19.5. The van der Waals surface area contributed by atoms with Gasteiger partial charge in [0, 0.05) is 17.5 Å². The summed E-state index contributed by atoms with van der Waals surface area (Å²) in [6.45, 7) is 0.490. The Kier molecular flexibility index (Phi) is 4.71. The number of thiophene rings is 1. The SMILES string of the molecule is Cc1cc(OC(F)F)c(C(=O)NC2CCCNC2)s1. The molecule has 1 aliphatic rings. The number of carbonyl (C=O) groups excluding carboxylic acids is 1. The number of hydrogen-bond donors (Lipinski definition) is 2. The Labute approximate surface area is 114 Å². The zero-order valence-corrected chi connectivity index (χ0v) is 11.4. The van der Waals surface area contributed by atoms with Crippen LogP contribution in [-0.4, -0.2) is 31.7 Å². The van der Waals surface area contributed by atoms with E-state index in [-0.39, 0.29) is 22.6 Å². The molecule has 2 heterocycles. The summed E-state index contributed by atoms with van der Waals surface area (Å²) >= 11 is 1.16. The number of carbonyl (C=O) groups is 1. The molecular formula is C12H16F2N2O2S. The number of amides is 1. The maximum atomic E-state index is 12.3. The lowest BCUT2D eigenvalue weighted by molar-refractivity contribution is -0.0498. The zero-order chi connectivity index (χ0) is 13.8. The van der Waals surface area contributed by atoms with Crippen LogP contribution in [0.4, 0.5) is 8.78 Å². The van der Waals surface area contributed by atoms with Crippen LogP contribution >= 0.6 is 11.3 Å². The van der Waals surface area contributed by atoms with Gasteiger partial charge in [0.25, 0.3) is 5.91 Å². The molecule has 1 fully saturated rings. The van der Waals surface area contributed by atoms with Crippen LogP contribution in [0.3, 0.4) is 0 Å². The first-order valence-electron chi connectivity index (χ1n) is 6.13. The van der Waals surface area contributed by atoms with E-state index in [0.717, 1.165) is 35.6 Å². The van der Waals surface area contributed by atoms with E-state index < -0.39 is 6.61 Å². The van der Waals surface area contributed by atoms with Gasteiger partial charge in [-0.15, -0.1) is 11.3 Å². The molecular weight excluding hydrogens is 274 g/mol. The van der Waals surface area contributed by atoms with Crippen molar-refractivity contribution in [2.24, 2.45) is 0 Å². The second-order valence-electron chi connectivity index (χ2n) is 4.45. The van der Waals surface area contributed by atoms with E-state index in [0.29, 0.717) is 6.54 Å².